The van der Waals surface area contributed by atoms with Crippen molar-refractivity contribution in [1.29, 1.82) is 0 Å². The predicted molar refractivity (Wildman–Crippen MR) is 67.5 cm³/mol. The second-order valence-corrected chi connectivity index (χ2v) is 5.01. The molecule has 1 aliphatic rings. The minimum Gasteiger partial charge on any atom is -0.375 e. The topological polar surface area (TPSA) is 42.2 Å². The minimum atomic E-state index is 0. The summed E-state index contributed by atoms with van der Waals surface area (Å²) in [4.78, 5) is 7.92. The molecule has 0 unspecified atom stereocenters. The zero-order valence-corrected chi connectivity index (χ0v) is 10.6. The first-order valence-electron chi connectivity index (χ1n) is 5.24. The van der Waals surface area contributed by atoms with Crippen molar-refractivity contribution in [3.63, 3.8) is 0 Å². The molecule has 2 rings (SSSR count). The van der Waals surface area contributed by atoms with Crippen LogP contribution in [0.15, 0.2) is 6.20 Å². The van der Waals surface area contributed by atoms with E-state index < -0.39 is 0 Å². The van der Waals surface area contributed by atoms with E-state index >= 15 is 0 Å². The summed E-state index contributed by atoms with van der Waals surface area (Å²) in [5.74, 6) is 0. The van der Waals surface area contributed by atoms with Crippen molar-refractivity contribution in [3.05, 3.63) is 11.1 Å². The highest BCUT2D eigenvalue weighted by atomic mass is 35.5. The van der Waals surface area contributed by atoms with E-state index in [1.54, 1.807) is 11.3 Å². The molecule has 0 saturated heterocycles. The third-order valence-corrected chi connectivity index (χ3v) is 3.32. The highest BCUT2D eigenvalue weighted by molar-refractivity contribution is 7.15. The number of aromatic nitrogens is 1. The van der Waals surface area contributed by atoms with Gasteiger partial charge in [-0.05, 0) is 25.8 Å². The summed E-state index contributed by atoms with van der Waals surface area (Å²) in [7, 11) is 0. The third kappa shape index (κ3) is 3.63. The molecule has 1 aromatic rings. The first-order valence-corrected chi connectivity index (χ1v) is 6.05. The van der Waals surface area contributed by atoms with Crippen LogP contribution in [-0.4, -0.2) is 22.5 Å². The van der Waals surface area contributed by atoms with Gasteiger partial charge >= 0.3 is 0 Å². The van der Waals surface area contributed by atoms with Gasteiger partial charge in [0.25, 0.3) is 0 Å². The third-order valence-electron chi connectivity index (χ3n) is 2.50. The van der Waals surface area contributed by atoms with Crippen molar-refractivity contribution in [2.75, 3.05) is 12.3 Å². The van der Waals surface area contributed by atoms with Crippen molar-refractivity contribution < 1.29 is 0 Å². The Bertz CT molecular complexity index is 299. The molecule has 1 aromatic heterocycles. The van der Waals surface area contributed by atoms with Crippen LogP contribution in [0.5, 0.6) is 0 Å². The number of thiazole rings is 1. The Hall–Kier alpha value is -0.320. The Labute approximate surface area is 101 Å². The van der Waals surface area contributed by atoms with Crippen LogP contribution < -0.4 is 5.73 Å². The van der Waals surface area contributed by atoms with Crippen LogP contribution in [0.2, 0.25) is 0 Å². The molecule has 1 fully saturated rings. The largest absolute Gasteiger partial charge is 0.375 e. The number of hydrogen-bond donors (Lipinski definition) is 1. The first-order chi connectivity index (χ1) is 6.79. The molecule has 0 atom stereocenters. The molecule has 1 heterocycles. The molecule has 0 bridgehead atoms. The summed E-state index contributed by atoms with van der Waals surface area (Å²) in [6.45, 7) is 4.46. The molecule has 0 radical (unpaired) electrons. The number of hydrogen-bond acceptors (Lipinski definition) is 4. The Morgan fingerprint density at radius 2 is 2.33 bits per heavy atom. The van der Waals surface area contributed by atoms with E-state index in [0.717, 1.165) is 12.6 Å². The molecule has 1 saturated carbocycles. The normalized spacial score (nSPS) is 15.3. The number of anilines is 1. The minimum absolute atomic E-state index is 0. The van der Waals surface area contributed by atoms with Crippen molar-refractivity contribution in [2.24, 2.45) is 0 Å². The molecular formula is C10H18ClN3S. The highest BCUT2D eigenvalue weighted by Gasteiger charge is 2.28. The second kappa shape index (κ2) is 5.68. The van der Waals surface area contributed by atoms with Crippen LogP contribution in [0, 0.1) is 0 Å². The van der Waals surface area contributed by atoms with E-state index in [0.29, 0.717) is 5.13 Å². The van der Waals surface area contributed by atoms with Gasteiger partial charge < -0.3 is 5.73 Å². The monoisotopic (exact) mass is 247 g/mol. The maximum Gasteiger partial charge on any atom is 0.180 e. The summed E-state index contributed by atoms with van der Waals surface area (Å²) in [5.41, 5.74) is 5.61. The summed E-state index contributed by atoms with van der Waals surface area (Å²) >= 11 is 1.61. The number of halogens is 1. The quantitative estimate of drug-likeness (QED) is 0.870. The van der Waals surface area contributed by atoms with Gasteiger partial charge in [0, 0.05) is 23.7 Å². The average molecular weight is 248 g/mol. The van der Waals surface area contributed by atoms with Crippen molar-refractivity contribution in [3.8, 4) is 0 Å². The van der Waals surface area contributed by atoms with Gasteiger partial charge in [-0.1, -0.05) is 6.92 Å². The Kier molecular flexibility index (Phi) is 4.83. The Morgan fingerprint density at radius 3 is 2.80 bits per heavy atom. The summed E-state index contributed by atoms with van der Waals surface area (Å²) in [5, 5.41) is 0.687. The van der Waals surface area contributed by atoms with Gasteiger partial charge in [-0.15, -0.1) is 23.7 Å². The SMILES string of the molecule is CCCN(Cc1cnc(N)s1)C1CC1.Cl. The number of nitrogens with zero attached hydrogens (tertiary/aromatic N) is 2. The van der Waals surface area contributed by atoms with Crippen molar-refractivity contribution in [2.45, 2.75) is 38.8 Å². The standard InChI is InChI=1S/C10H17N3S.ClH/c1-2-5-13(8-3-4-8)7-9-6-12-10(11)14-9;/h6,8H,2-5,7H2,1H3,(H2,11,12);1H. The van der Waals surface area contributed by atoms with Crippen LogP contribution >= 0.6 is 23.7 Å². The maximum absolute atomic E-state index is 5.61. The highest BCUT2D eigenvalue weighted by Crippen LogP contribution is 2.29. The molecular weight excluding hydrogens is 230 g/mol. The van der Waals surface area contributed by atoms with E-state index in [-0.39, 0.29) is 12.4 Å². The molecule has 0 aromatic carbocycles. The zero-order chi connectivity index (χ0) is 9.97. The predicted octanol–water partition coefficient (Wildman–Crippen LogP) is 2.52. The van der Waals surface area contributed by atoms with Crippen molar-refractivity contribution in [1.82, 2.24) is 9.88 Å². The van der Waals surface area contributed by atoms with E-state index in [9.17, 15) is 0 Å². The van der Waals surface area contributed by atoms with Gasteiger partial charge in [0.2, 0.25) is 0 Å². The summed E-state index contributed by atoms with van der Waals surface area (Å²) < 4.78 is 0. The number of nitrogens with two attached hydrogens (primary N) is 1. The van der Waals surface area contributed by atoms with E-state index in [2.05, 4.69) is 16.8 Å². The molecule has 15 heavy (non-hydrogen) atoms. The van der Waals surface area contributed by atoms with E-state index in [1.807, 2.05) is 6.20 Å². The van der Waals surface area contributed by atoms with Gasteiger partial charge in [-0.3, -0.25) is 4.90 Å². The van der Waals surface area contributed by atoms with E-state index in [4.69, 9.17) is 5.73 Å². The molecule has 1 aliphatic carbocycles. The lowest BCUT2D eigenvalue weighted by atomic mass is 10.3. The lowest BCUT2D eigenvalue weighted by Gasteiger charge is -2.19. The zero-order valence-electron chi connectivity index (χ0n) is 8.98. The fourth-order valence-corrected chi connectivity index (χ4v) is 2.42. The Balaban J connectivity index is 0.00000112. The smallest absolute Gasteiger partial charge is 0.180 e. The second-order valence-electron chi connectivity index (χ2n) is 3.87. The molecule has 0 amide bonds. The average Bonchev–Trinajstić information content (AvgIpc) is 2.91. The van der Waals surface area contributed by atoms with Crippen LogP contribution in [0.1, 0.15) is 31.1 Å². The van der Waals surface area contributed by atoms with Crippen LogP contribution in [0.25, 0.3) is 0 Å². The summed E-state index contributed by atoms with van der Waals surface area (Å²) in [6, 6.07) is 0.832. The molecule has 0 spiro atoms. The van der Waals surface area contributed by atoms with Crippen LogP contribution in [-0.2, 0) is 6.54 Å². The molecule has 3 nitrogen and oxygen atoms in total. The van der Waals surface area contributed by atoms with Gasteiger partial charge in [0.1, 0.15) is 0 Å². The maximum atomic E-state index is 5.61. The van der Waals surface area contributed by atoms with Crippen LogP contribution in [0.4, 0.5) is 5.13 Å². The molecule has 5 heteroatoms. The van der Waals surface area contributed by atoms with Gasteiger partial charge in [-0.25, -0.2) is 4.98 Å². The number of rotatable bonds is 5. The molecule has 0 aliphatic heterocycles. The molecule has 86 valence electrons. The first kappa shape index (κ1) is 12.7. The van der Waals surface area contributed by atoms with Crippen molar-refractivity contribution >= 4 is 28.9 Å². The fourth-order valence-electron chi connectivity index (χ4n) is 1.71. The van der Waals surface area contributed by atoms with Gasteiger partial charge in [-0.2, -0.15) is 0 Å². The number of nitrogen functional groups attached to an aromatic ring is 1. The fraction of sp³-hybridized carbons (Fsp3) is 0.700. The lowest BCUT2D eigenvalue weighted by Crippen LogP contribution is -2.25. The molecule has 2 N–H and O–H groups in total. The van der Waals surface area contributed by atoms with Gasteiger partial charge in [0.15, 0.2) is 5.13 Å². The summed E-state index contributed by atoms with van der Waals surface area (Å²) in [6.07, 6.45) is 5.87. The lowest BCUT2D eigenvalue weighted by molar-refractivity contribution is 0.257. The Morgan fingerprint density at radius 1 is 1.60 bits per heavy atom. The van der Waals surface area contributed by atoms with Crippen LogP contribution in [0.3, 0.4) is 0 Å². The van der Waals surface area contributed by atoms with Gasteiger partial charge in [0.05, 0.1) is 0 Å². The van der Waals surface area contributed by atoms with E-state index in [1.165, 1.54) is 30.7 Å².